The number of benzene rings is 1. The van der Waals surface area contributed by atoms with Crippen LogP contribution in [0.4, 0.5) is 0 Å². The van der Waals surface area contributed by atoms with Gasteiger partial charge in [0.15, 0.2) is 0 Å². The van der Waals surface area contributed by atoms with Gasteiger partial charge in [0, 0.05) is 11.3 Å². The molecule has 0 saturated heterocycles. The molecule has 0 N–H and O–H groups in total. The number of rotatable bonds is 5. The van der Waals surface area contributed by atoms with E-state index in [1.54, 1.807) is 0 Å². The number of methoxy groups -OCH3 is 1. The van der Waals surface area contributed by atoms with Gasteiger partial charge in [0.2, 0.25) is 0 Å². The second-order valence-electron chi connectivity index (χ2n) is 4.91. The van der Waals surface area contributed by atoms with E-state index in [4.69, 9.17) is 4.74 Å². The topological polar surface area (TPSA) is 26.3 Å². The Hall–Kier alpha value is -1.40. The summed E-state index contributed by atoms with van der Waals surface area (Å²) in [5, 5.41) is 0. The van der Waals surface area contributed by atoms with Crippen LogP contribution in [-0.4, -0.2) is 24.6 Å². The largest absolute Gasteiger partial charge is 0.469 e. The first kappa shape index (κ1) is 14.0. The van der Waals surface area contributed by atoms with Gasteiger partial charge in [0.05, 0.1) is 19.3 Å². The van der Waals surface area contributed by atoms with E-state index in [9.17, 15) is 4.79 Å². The first-order chi connectivity index (χ1) is 9.24. The molecule has 0 radical (unpaired) electrons. The minimum absolute atomic E-state index is 0.0894. The Morgan fingerprint density at radius 2 is 2.11 bits per heavy atom. The van der Waals surface area contributed by atoms with Crippen LogP contribution in [0.25, 0.3) is 0 Å². The molecule has 0 aliphatic heterocycles. The second-order valence-corrected chi connectivity index (χ2v) is 5.90. The zero-order valence-electron chi connectivity index (χ0n) is 11.1. The summed E-state index contributed by atoms with van der Waals surface area (Å²) in [6, 6.07) is 10.00. The van der Waals surface area contributed by atoms with Gasteiger partial charge in [-0.25, -0.2) is 0 Å². The molecule has 1 aromatic rings. The standard InChI is InChI=1S/C16H18O2S/c1-18-15(17)12-16(9-10-16)13-19-11-5-8-14-6-3-2-4-7-14/h2-4,6-7H,9-13H2,1H3. The summed E-state index contributed by atoms with van der Waals surface area (Å²) in [4.78, 5) is 11.3. The van der Waals surface area contributed by atoms with Crippen molar-refractivity contribution in [2.75, 3.05) is 18.6 Å². The molecule has 1 aliphatic carbocycles. The summed E-state index contributed by atoms with van der Waals surface area (Å²) in [5.74, 6) is 8.04. The van der Waals surface area contributed by atoms with Crippen LogP contribution < -0.4 is 0 Å². The molecule has 1 saturated carbocycles. The maximum Gasteiger partial charge on any atom is 0.306 e. The summed E-state index contributed by atoms with van der Waals surface area (Å²) in [7, 11) is 1.46. The number of esters is 1. The van der Waals surface area contributed by atoms with Crippen LogP contribution in [0, 0.1) is 17.3 Å². The van der Waals surface area contributed by atoms with Crippen LogP contribution in [-0.2, 0) is 9.53 Å². The van der Waals surface area contributed by atoms with Crippen molar-refractivity contribution in [2.24, 2.45) is 5.41 Å². The van der Waals surface area contributed by atoms with Crippen LogP contribution in [0.2, 0.25) is 0 Å². The van der Waals surface area contributed by atoms with Gasteiger partial charge in [0.1, 0.15) is 0 Å². The van der Waals surface area contributed by atoms with Crippen LogP contribution in [0.3, 0.4) is 0 Å². The highest BCUT2D eigenvalue weighted by Crippen LogP contribution is 2.51. The Morgan fingerprint density at radius 1 is 1.37 bits per heavy atom. The molecule has 2 nitrogen and oxygen atoms in total. The van der Waals surface area contributed by atoms with Gasteiger partial charge in [-0.05, 0) is 30.4 Å². The Bertz CT molecular complexity index is 480. The molecule has 0 atom stereocenters. The van der Waals surface area contributed by atoms with Crippen molar-refractivity contribution in [1.29, 1.82) is 0 Å². The Labute approximate surface area is 118 Å². The lowest BCUT2D eigenvalue weighted by Crippen LogP contribution is -2.13. The van der Waals surface area contributed by atoms with E-state index < -0.39 is 0 Å². The second kappa shape index (κ2) is 6.68. The fourth-order valence-electron chi connectivity index (χ4n) is 1.91. The van der Waals surface area contributed by atoms with E-state index in [0.717, 1.165) is 29.9 Å². The third kappa shape index (κ3) is 4.65. The first-order valence-electron chi connectivity index (χ1n) is 6.43. The van der Waals surface area contributed by atoms with E-state index in [2.05, 4.69) is 11.8 Å². The van der Waals surface area contributed by atoms with Gasteiger partial charge in [-0.15, -0.1) is 11.8 Å². The molecule has 3 heteroatoms. The summed E-state index contributed by atoms with van der Waals surface area (Å²) < 4.78 is 4.74. The lowest BCUT2D eigenvalue weighted by atomic mass is 10.1. The van der Waals surface area contributed by atoms with E-state index in [1.807, 2.05) is 42.1 Å². The lowest BCUT2D eigenvalue weighted by Gasteiger charge is -2.11. The number of hydrogen-bond acceptors (Lipinski definition) is 3. The molecular weight excluding hydrogens is 256 g/mol. The molecule has 0 spiro atoms. The highest BCUT2D eigenvalue weighted by molar-refractivity contribution is 7.99. The number of carbonyl (C=O) groups is 1. The predicted octanol–water partition coefficient (Wildman–Crippen LogP) is 3.11. The van der Waals surface area contributed by atoms with Crippen molar-refractivity contribution in [3.05, 3.63) is 35.9 Å². The molecule has 0 heterocycles. The molecule has 100 valence electrons. The summed E-state index contributed by atoms with van der Waals surface area (Å²) >= 11 is 1.81. The molecule has 19 heavy (non-hydrogen) atoms. The van der Waals surface area contributed by atoms with E-state index in [-0.39, 0.29) is 11.4 Å². The number of thioether (sulfide) groups is 1. The number of ether oxygens (including phenoxy) is 1. The zero-order valence-corrected chi connectivity index (χ0v) is 12.0. The van der Waals surface area contributed by atoms with Crippen molar-refractivity contribution in [2.45, 2.75) is 19.3 Å². The van der Waals surface area contributed by atoms with Crippen LogP contribution in [0.1, 0.15) is 24.8 Å². The first-order valence-corrected chi connectivity index (χ1v) is 7.58. The monoisotopic (exact) mass is 274 g/mol. The maximum absolute atomic E-state index is 11.3. The van der Waals surface area contributed by atoms with Crippen LogP contribution in [0.5, 0.6) is 0 Å². The number of carbonyl (C=O) groups excluding carboxylic acids is 1. The van der Waals surface area contributed by atoms with Gasteiger partial charge in [-0.1, -0.05) is 30.0 Å². The van der Waals surface area contributed by atoms with Crippen molar-refractivity contribution in [1.82, 2.24) is 0 Å². The van der Waals surface area contributed by atoms with Crippen LogP contribution in [0.15, 0.2) is 30.3 Å². The fraction of sp³-hybridized carbons (Fsp3) is 0.438. The average Bonchev–Trinajstić information content (AvgIpc) is 3.19. The Balaban J connectivity index is 1.70. The summed E-state index contributed by atoms with van der Waals surface area (Å²) in [5.41, 5.74) is 1.26. The summed E-state index contributed by atoms with van der Waals surface area (Å²) in [6.45, 7) is 0. The molecule has 1 fully saturated rings. The Morgan fingerprint density at radius 3 is 2.74 bits per heavy atom. The molecule has 1 aromatic carbocycles. The third-order valence-corrected chi connectivity index (χ3v) is 4.46. The molecule has 2 rings (SSSR count). The van der Waals surface area contributed by atoms with E-state index in [1.165, 1.54) is 7.11 Å². The molecular formula is C16H18O2S. The van der Waals surface area contributed by atoms with Gasteiger partial charge < -0.3 is 4.74 Å². The third-order valence-electron chi connectivity index (χ3n) is 3.29. The van der Waals surface area contributed by atoms with E-state index >= 15 is 0 Å². The Kier molecular flexibility index (Phi) is 4.93. The predicted molar refractivity (Wildman–Crippen MR) is 78.9 cm³/mol. The summed E-state index contributed by atoms with van der Waals surface area (Å²) in [6.07, 6.45) is 2.84. The molecule has 0 unspecified atom stereocenters. The van der Waals surface area contributed by atoms with Crippen molar-refractivity contribution in [3.8, 4) is 11.8 Å². The SMILES string of the molecule is COC(=O)CC1(CSCC#Cc2ccccc2)CC1. The lowest BCUT2D eigenvalue weighted by molar-refractivity contribution is -0.141. The minimum atomic E-state index is -0.0894. The quantitative estimate of drug-likeness (QED) is 0.469. The molecule has 1 aliphatic rings. The fourth-order valence-corrected chi connectivity index (χ4v) is 3.01. The van der Waals surface area contributed by atoms with Gasteiger partial charge in [-0.3, -0.25) is 4.79 Å². The minimum Gasteiger partial charge on any atom is -0.469 e. The zero-order chi connectivity index (χ0) is 13.6. The highest BCUT2D eigenvalue weighted by Gasteiger charge is 2.44. The van der Waals surface area contributed by atoms with E-state index in [0.29, 0.717) is 6.42 Å². The van der Waals surface area contributed by atoms with Crippen molar-refractivity contribution in [3.63, 3.8) is 0 Å². The smallest absolute Gasteiger partial charge is 0.306 e. The van der Waals surface area contributed by atoms with Gasteiger partial charge in [0.25, 0.3) is 0 Å². The van der Waals surface area contributed by atoms with Crippen molar-refractivity contribution >= 4 is 17.7 Å². The molecule has 0 amide bonds. The average molecular weight is 274 g/mol. The maximum atomic E-state index is 11.3. The van der Waals surface area contributed by atoms with Gasteiger partial charge >= 0.3 is 5.97 Å². The van der Waals surface area contributed by atoms with Gasteiger partial charge in [-0.2, -0.15) is 0 Å². The highest BCUT2D eigenvalue weighted by atomic mass is 32.2. The normalized spacial score (nSPS) is 15.2. The molecule has 0 aromatic heterocycles. The number of hydrogen-bond donors (Lipinski definition) is 0. The van der Waals surface area contributed by atoms with Crippen LogP contribution >= 0.6 is 11.8 Å². The van der Waals surface area contributed by atoms with Crippen molar-refractivity contribution < 1.29 is 9.53 Å². The molecule has 0 bridgehead atoms.